The molecule has 2 fully saturated rings. The van der Waals surface area contributed by atoms with Crippen molar-refractivity contribution in [3.8, 4) is 5.75 Å². The Hall–Kier alpha value is -1.82. The lowest BCUT2D eigenvalue weighted by atomic mass is 9.82. The fourth-order valence-corrected chi connectivity index (χ4v) is 3.52. The average molecular weight is 336 g/mol. The standard InChI is InChI=1S/C18H25FN2O3/c1-20(18(22)23)11-13-9-15(10-13)24-16-6-4-5-14(17(16)19)12-21-7-2-3-8-21/h4-6,13,15H,2-3,7-12H2,1H3,(H,22,23). The second-order valence-corrected chi connectivity index (χ2v) is 6.95. The minimum absolute atomic E-state index is 0.0197. The summed E-state index contributed by atoms with van der Waals surface area (Å²) in [7, 11) is 1.57. The highest BCUT2D eigenvalue weighted by atomic mass is 19.1. The SMILES string of the molecule is CN(CC1CC(Oc2cccc(CN3CCCC3)c2F)C1)C(=O)O. The molecule has 0 atom stereocenters. The number of carboxylic acid groups (broad SMARTS) is 1. The van der Waals surface area contributed by atoms with E-state index < -0.39 is 6.09 Å². The van der Waals surface area contributed by atoms with Crippen molar-refractivity contribution in [1.82, 2.24) is 9.80 Å². The van der Waals surface area contributed by atoms with Gasteiger partial charge in [-0.15, -0.1) is 0 Å². The lowest BCUT2D eigenvalue weighted by molar-refractivity contribution is 0.0446. The van der Waals surface area contributed by atoms with E-state index in [1.165, 1.54) is 17.7 Å². The lowest BCUT2D eigenvalue weighted by Gasteiger charge is -2.37. The van der Waals surface area contributed by atoms with E-state index in [-0.39, 0.29) is 11.9 Å². The van der Waals surface area contributed by atoms with Gasteiger partial charge in [0.25, 0.3) is 0 Å². The van der Waals surface area contributed by atoms with Crippen LogP contribution >= 0.6 is 0 Å². The number of amides is 1. The Labute approximate surface area is 142 Å². The van der Waals surface area contributed by atoms with Crippen LogP contribution in [-0.4, -0.2) is 53.8 Å². The minimum Gasteiger partial charge on any atom is -0.487 e. The van der Waals surface area contributed by atoms with E-state index in [0.717, 1.165) is 25.9 Å². The molecule has 1 amide bonds. The molecule has 24 heavy (non-hydrogen) atoms. The molecule has 1 aliphatic carbocycles. The van der Waals surface area contributed by atoms with Crippen LogP contribution in [0.15, 0.2) is 18.2 Å². The van der Waals surface area contributed by atoms with Gasteiger partial charge in [-0.3, -0.25) is 4.90 Å². The fourth-order valence-electron chi connectivity index (χ4n) is 3.52. The predicted molar refractivity (Wildman–Crippen MR) is 88.7 cm³/mol. The maximum absolute atomic E-state index is 14.6. The zero-order valence-electron chi connectivity index (χ0n) is 14.1. The molecule has 1 aromatic carbocycles. The lowest BCUT2D eigenvalue weighted by Crippen LogP contribution is -2.41. The summed E-state index contributed by atoms with van der Waals surface area (Å²) in [5.74, 6) is 0.365. The van der Waals surface area contributed by atoms with E-state index in [0.29, 0.717) is 30.3 Å². The second-order valence-electron chi connectivity index (χ2n) is 6.95. The van der Waals surface area contributed by atoms with Crippen LogP contribution in [0.1, 0.15) is 31.2 Å². The van der Waals surface area contributed by atoms with Crippen LogP contribution in [0.4, 0.5) is 9.18 Å². The van der Waals surface area contributed by atoms with Gasteiger partial charge >= 0.3 is 6.09 Å². The number of ether oxygens (including phenoxy) is 1. The van der Waals surface area contributed by atoms with E-state index in [1.54, 1.807) is 13.1 Å². The Kier molecular flexibility index (Phi) is 5.23. The molecular formula is C18H25FN2O3. The van der Waals surface area contributed by atoms with E-state index >= 15 is 0 Å². The molecule has 1 heterocycles. The molecule has 3 rings (SSSR count). The van der Waals surface area contributed by atoms with E-state index in [4.69, 9.17) is 9.84 Å². The van der Waals surface area contributed by atoms with Crippen molar-refractivity contribution in [2.75, 3.05) is 26.7 Å². The molecule has 5 nitrogen and oxygen atoms in total. The zero-order valence-corrected chi connectivity index (χ0v) is 14.1. The van der Waals surface area contributed by atoms with Gasteiger partial charge in [-0.1, -0.05) is 12.1 Å². The van der Waals surface area contributed by atoms with Gasteiger partial charge in [-0.05, 0) is 50.8 Å². The first-order valence-electron chi connectivity index (χ1n) is 8.63. The summed E-state index contributed by atoms with van der Waals surface area (Å²) in [5, 5.41) is 8.88. The van der Waals surface area contributed by atoms with Crippen LogP contribution in [0, 0.1) is 11.7 Å². The minimum atomic E-state index is -0.917. The van der Waals surface area contributed by atoms with Crippen LogP contribution in [-0.2, 0) is 6.54 Å². The third-order valence-corrected chi connectivity index (χ3v) is 4.98. The molecule has 1 aliphatic heterocycles. The summed E-state index contributed by atoms with van der Waals surface area (Å²) in [6.07, 6.45) is 2.98. The van der Waals surface area contributed by atoms with Crippen molar-refractivity contribution in [1.29, 1.82) is 0 Å². The first-order chi connectivity index (χ1) is 11.5. The quantitative estimate of drug-likeness (QED) is 0.867. The largest absolute Gasteiger partial charge is 0.487 e. The van der Waals surface area contributed by atoms with Crippen LogP contribution in [0.25, 0.3) is 0 Å². The summed E-state index contributed by atoms with van der Waals surface area (Å²) in [6, 6.07) is 5.35. The van der Waals surface area contributed by atoms with Crippen LogP contribution in [0.5, 0.6) is 5.75 Å². The van der Waals surface area contributed by atoms with Crippen molar-refractivity contribution < 1.29 is 19.0 Å². The summed E-state index contributed by atoms with van der Waals surface area (Å²) in [6.45, 7) is 3.21. The summed E-state index contributed by atoms with van der Waals surface area (Å²) in [4.78, 5) is 14.4. The van der Waals surface area contributed by atoms with Gasteiger partial charge < -0.3 is 14.7 Å². The maximum atomic E-state index is 14.6. The van der Waals surface area contributed by atoms with Crippen LogP contribution in [0.2, 0.25) is 0 Å². The highest BCUT2D eigenvalue weighted by Gasteiger charge is 2.33. The van der Waals surface area contributed by atoms with Crippen molar-refractivity contribution in [2.24, 2.45) is 5.92 Å². The molecule has 1 N–H and O–H groups in total. The topological polar surface area (TPSA) is 53.0 Å². The number of rotatable bonds is 6. The highest BCUT2D eigenvalue weighted by Crippen LogP contribution is 2.33. The number of nitrogens with zero attached hydrogens (tertiary/aromatic N) is 2. The zero-order chi connectivity index (χ0) is 17.1. The summed E-state index contributed by atoms with van der Waals surface area (Å²) in [5.41, 5.74) is 0.691. The van der Waals surface area contributed by atoms with Crippen LogP contribution < -0.4 is 4.74 Å². The number of likely N-dealkylation sites (tertiary alicyclic amines) is 1. The molecule has 0 aromatic heterocycles. The van der Waals surface area contributed by atoms with Gasteiger partial charge in [-0.25, -0.2) is 9.18 Å². The van der Waals surface area contributed by atoms with Gasteiger partial charge in [0.05, 0.1) is 6.10 Å². The van der Waals surface area contributed by atoms with Crippen molar-refractivity contribution in [2.45, 2.75) is 38.3 Å². The van der Waals surface area contributed by atoms with E-state index in [9.17, 15) is 9.18 Å². The maximum Gasteiger partial charge on any atom is 0.407 e. The molecule has 132 valence electrons. The number of hydrogen-bond acceptors (Lipinski definition) is 3. The molecule has 1 saturated heterocycles. The van der Waals surface area contributed by atoms with Gasteiger partial charge in [0.1, 0.15) is 0 Å². The number of hydrogen-bond donors (Lipinski definition) is 1. The molecule has 2 aliphatic rings. The molecule has 1 saturated carbocycles. The Morgan fingerprint density at radius 3 is 2.75 bits per heavy atom. The Morgan fingerprint density at radius 2 is 2.08 bits per heavy atom. The molecule has 0 spiro atoms. The third-order valence-electron chi connectivity index (χ3n) is 4.98. The van der Waals surface area contributed by atoms with Gasteiger partial charge in [0.15, 0.2) is 11.6 Å². The van der Waals surface area contributed by atoms with Crippen molar-refractivity contribution in [3.63, 3.8) is 0 Å². The first-order valence-corrected chi connectivity index (χ1v) is 8.63. The number of carbonyl (C=O) groups is 1. The van der Waals surface area contributed by atoms with E-state index in [2.05, 4.69) is 4.90 Å². The normalized spacial score (nSPS) is 23.8. The first kappa shape index (κ1) is 17.0. The smallest absolute Gasteiger partial charge is 0.407 e. The molecule has 0 bridgehead atoms. The molecular weight excluding hydrogens is 311 g/mol. The average Bonchev–Trinajstić information content (AvgIpc) is 3.01. The summed E-state index contributed by atoms with van der Waals surface area (Å²) >= 11 is 0. The van der Waals surface area contributed by atoms with Crippen LogP contribution in [0.3, 0.4) is 0 Å². The van der Waals surface area contributed by atoms with Crippen molar-refractivity contribution in [3.05, 3.63) is 29.6 Å². The Bertz CT molecular complexity index is 584. The Morgan fingerprint density at radius 1 is 1.38 bits per heavy atom. The van der Waals surface area contributed by atoms with Gasteiger partial charge in [-0.2, -0.15) is 0 Å². The highest BCUT2D eigenvalue weighted by molar-refractivity contribution is 5.64. The second kappa shape index (κ2) is 7.38. The number of benzene rings is 1. The molecule has 6 heteroatoms. The predicted octanol–water partition coefficient (Wildman–Crippen LogP) is 3.19. The van der Waals surface area contributed by atoms with Gasteiger partial charge in [0.2, 0.25) is 0 Å². The fraction of sp³-hybridized carbons (Fsp3) is 0.611. The third kappa shape index (κ3) is 3.98. The van der Waals surface area contributed by atoms with E-state index in [1.807, 2.05) is 12.1 Å². The Balaban J connectivity index is 1.52. The van der Waals surface area contributed by atoms with Gasteiger partial charge in [0, 0.05) is 25.7 Å². The molecule has 0 unspecified atom stereocenters. The molecule has 1 aromatic rings. The summed E-state index contributed by atoms with van der Waals surface area (Å²) < 4.78 is 20.4. The van der Waals surface area contributed by atoms with Crippen molar-refractivity contribution >= 4 is 6.09 Å². The number of halogens is 1. The monoisotopic (exact) mass is 336 g/mol. The molecule has 0 radical (unpaired) electrons.